The van der Waals surface area contributed by atoms with Crippen molar-refractivity contribution in [2.24, 2.45) is 11.5 Å². The first-order chi connectivity index (χ1) is 18.7. The van der Waals surface area contributed by atoms with Crippen LogP contribution in [0.2, 0.25) is 10.0 Å². The lowest BCUT2D eigenvalue weighted by atomic mass is 9.98. The molecule has 1 aliphatic rings. The Kier molecular flexibility index (Phi) is 10.1. The normalized spacial score (nSPS) is 18.7. The maximum atomic E-state index is 13.6. The number of hydrogen-bond acceptors (Lipinski definition) is 4. The van der Waals surface area contributed by atoms with Gasteiger partial charge in [0.1, 0.15) is 0 Å². The summed E-state index contributed by atoms with van der Waals surface area (Å²) in [6.45, 7) is 5.09. The van der Waals surface area contributed by atoms with Crippen LogP contribution >= 0.6 is 23.2 Å². The lowest BCUT2D eigenvalue weighted by Gasteiger charge is -2.46. The third-order valence-corrected chi connectivity index (χ3v) is 8.28. The number of hydrogen-bond donors (Lipinski definition) is 4. The van der Waals surface area contributed by atoms with E-state index in [9.17, 15) is 4.79 Å². The summed E-state index contributed by atoms with van der Waals surface area (Å²) in [4.78, 5) is 18.1. The fourth-order valence-electron chi connectivity index (χ4n) is 5.38. The minimum absolute atomic E-state index is 0.0268. The number of guanidine groups is 1. The third-order valence-electron chi connectivity index (χ3n) is 7.54. The predicted octanol–water partition coefficient (Wildman–Crippen LogP) is 4.42. The van der Waals surface area contributed by atoms with E-state index >= 15 is 0 Å². The fraction of sp³-hybridized carbons (Fsp3) is 0.400. The average molecular weight is 570 g/mol. The van der Waals surface area contributed by atoms with Crippen LogP contribution in [0, 0.1) is 5.41 Å². The van der Waals surface area contributed by atoms with Crippen LogP contribution in [0.15, 0.2) is 60.7 Å². The molecule has 6 N–H and O–H groups in total. The van der Waals surface area contributed by atoms with Crippen LogP contribution in [0.3, 0.4) is 0 Å². The molecule has 0 aromatic heterocycles. The molecule has 0 radical (unpaired) electrons. The predicted molar refractivity (Wildman–Crippen MR) is 161 cm³/mol. The summed E-state index contributed by atoms with van der Waals surface area (Å²) in [5, 5.41) is 13.7. The standard InChI is InChI=1S/C30H38Cl2N6O/c1-20-18-38(29(39)28(33)17-22-9-11-26(31)27(32)16-22)25(7-4-13-36-30(34)35)19-37(20)14-12-21-8-10-23-5-2-3-6-24(23)15-21/h2-3,5-6,8-11,15-16,20,25,28H,4,7,12-14,17-19,33H2,1H3,(H4,34,35,36)/t20-,25+,28-/m1/s1. The van der Waals surface area contributed by atoms with Gasteiger partial charge in [-0.3, -0.25) is 15.1 Å². The van der Waals surface area contributed by atoms with E-state index in [-0.39, 0.29) is 24.0 Å². The maximum absolute atomic E-state index is 13.6. The van der Waals surface area contributed by atoms with Gasteiger partial charge < -0.3 is 21.7 Å². The number of nitrogens with zero attached hydrogens (tertiary/aromatic N) is 2. The molecule has 9 heteroatoms. The molecule has 0 unspecified atom stereocenters. The molecule has 3 aromatic carbocycles. The molecule has 4 rings (SSSR count). The summed E-state index contributed by atoms with van der Waals surface area (Å²) in [5.41, 5.74) is 14.1. The minimum atomic E-state index is -0.670. The number of halogens is 2. The molecule has 0 saturated carbocycles. The first-order valence-electron chi connectivity index (χ1n) is 13.5. The van der Waals surface area contributed by atoms with E-state index in [1.807, 2.05) is 11.0 Å². The molecule has 3 aromatic rings. The van der Waals surface area contributed by atoms with E-state index < -0.39 is 6.04 Å². The van der Waals surface area contributed by atoms with Crippen molar-refractivity contribution in [3.63, 3.8) is 0 Å². The van der Waals surface area contributed by atoms with Crippen molar-refractivity contribution in [3.05, 3.63) is 81.8 Å². The quantitative estimate of drug-likeness (QED) is 0.164. The maximum Gasteiger partial charge on any atom is 0.240 e. The molecule has 7 nitrogen and oxygen atoms in total. The zero-order valence-electron chi connectivity index (χ0n) is 22.4. The Labute approximate surface area is 240 Å². The molecule has 0 spiro atoms. The van der Waals surface area contributed by atoms with Crippen LogP contribution in [-0.4, -0.2) is 66.0 Å². The number of fused-ring (bicyclic) bond motifs is 1. The number of carbonyl (C=O) groups is 1. The number of amides is 1. The Hall–Kier alpha value is -2.84. The molecule has 208 valence electrons. The van der Waals surface area contributed by atoms with Crippen molar-refractivity contribution in [1.29, 1.82) is 5.41 Å². The molecule has 1 heterocycles. The van der Waals surface area contributed by atoms with Crippen molar-refractivity contribution in [3.8, 4) is 0 Å². The second-order valence-corrected chi connectivity index (χ2v) is 11.3. The molecule has 0 aliphatic carbocycles. The lowest BCUT2D eigenvalue weighted by molar-refractivity contribution is -0.139. The molecular weight excluding hydrogens is 531 g/mol. The largest absolute Gasteiger partial charge is 0.370 e. The second kappa shape index (κ2) is 13.5. The highest BCUT2D eigenvalue weighted by Gasteiger charge is 2.35. The topological polar surface area (TPSA) is 111 Å². The SMILES string of the molecule is C[C@@H]1CN(C(=O)[C@H](N)Cc2ccc(Cl)c(Cl)c2)[C@@H](CCCNC(=N)N)CN1CCc1ccc2ccccc2c1. The summed E-state index contributed by atoms with van der Waals surface area (Å²) in [6.07, 6.45) is 2.93. The third kappa shape index (κ3) is 7.85. The summed E-state index contributed by atoms with van der Waals surface area (Å²) < 4.78 is 0. The van der Waals surface area contributed by atoms with Gasteiger partial charge in [-0.1, -0.05) is 71.7 Å². The Morgan fingerprint density at radius 1 is 1.05 bits per heavy atom. The van der Waals surface area contributed by atoms with Crippen LogP contribution < -0.4 is 16.8 Å². The van der Waals surface area contributed by atoms with Gasteiger partial charge in [-0.25, -0.2) is 0 Å². The molecule has 39 heavy (non-hydrogen) atoms. The van der Waals surface area contributed by atoms with Crippen molar-refractivity contribution >= 4 is 45.8 Å². The van der Waals surface area contributed by atoms with Crippen LogP contribution in [-0.2, 0) is 17.6 Å². The second-order valence-electron chi connectivity index (χ2n) is 10.5. The number of piperazine rings is 1. The molecule has 1 amide bonds. The van der Waals surface area contributed by atoms with Gasteiger partial charge in [0.05, 0.1) is 16.1 Å². The molecule has 1 saturated heterocycles. The highest BCUT2D eigenvalue weighted by atomic mass is 35.5. The summed E-state index contributed by atoms with van der Waals surface area (Å²) in [7, 11) is 0. The highest BCUT2D eigenvalue weighted by Crippen LogP contribution is 2.25. The van der Waals surface area contributed by atoms with Gasteiger partial charge >= 0.3 is 0 Å². The average Bonchev–Trinajstić information content (AvgIpc) is 2.92. The van der Waals surface area contributed by atoms with Gasteiger partial charge in [0, 0.05) is 38.3 Å². The monoisotopic (exact) mass is 568 g/mol. The van der Waals surface area contributed by atoms with Gasteiger partial charge in [-0.15, -0.1) is 0 Å². The number of rotatable bonds is 10. The van der Waals surface area contributed by atoms with E-state index in [1.165, 1.54) is 16.3 Å². The van der Waals surface area contributed by atoms with Crippen LogP contribution in [0.25, 0.3) is 10.8 Å². The van der Waals surface area contributed by atoms with E-state index in [0.29, 0.717) is 29.6 Å². The Morgan fingerprint density at radius 3 is 2.54 bits per heavy atom. The van der Waals surface area contributed by atoms with Crippen molar-refractivity contribution in [1.82, 2.24) is 15.1 Å². The van der Waals surface area contributed by atoms with Crippen LogP contribution in [0.1, 0.15) is 30.9 Å². The summed E-state index contributed by atoms with van der Waals surface area (Å²) >= 11 is 12.2. The lowest BCUT2D eigenvalue weighted by Crippen LogP contribution is -2.62. The van der Waals surface area contributed by atoms with Gasteiger partial charge in [0.15, 0.2) is 5.96 Å². The molecule has 1 aliphatic heterocycles. The van der Waals surface area contributed by atoms with Crippen molar-refractivity contribution < 1.29 is 4.79 Å². The Morgan fingerprint density at radius 2 is 1.79 bits per heavy atom. The summed E-state index contributed by atoms with van der Waals surface area (Å²) in [5.74, 6) is -0.0903. The van der Waals surface area contributed by atoms with E-state index in [1.54, 1.807) is 12.1 Å². The number of benzene rings is 3. The van der Waals surface area contributed by atoms with Crippen LogP contribution in [0.5, 0.6) is 0 Å². The fourth-order valence-corrected chi connectivity index (χ4v) is 5.70. The number of nitrogens with one attached hydrogen (secondary N) is 2. The molecule has 1 fully saturated rings. The van der Waals surface area contributed by atoms with Crippen molar-refractivity contribution in [2.45, 2.75) is 50.7 Å². The van der Waals surface area contributed by atoms with E-state index in [2.05, 4.69) is 59.6 Å². The van der Waals surface area contributed by atoms with E-state index in [0.717, 1.165) is 37.9 Å². The zero-order valence-corrected chi connectivity index (χ0v) is 23.9. The highest BCUT2D eigenvalue weighted by molar-refractivity contribution is 6.42. The molecule has 0 bridgehead atoms. The first kappa shape index (κ1) is 29.2. The Balaban J connectivity index is 1.42. The minimum Gasteiger partial charge on any atom is -0.370 e. The number of carbonyl (C=O) groups excluding carboxylic acids is 1. The van der Waals surface area contributed by atoms with Crippen LogP contribution in [0.4, 0.5) is 0 Å². The van der Waals surface area contributed by atoms with Gasteiger partial charge in [-0.05, 0) is 66.6 Å². The first-order valence-corrected chi connectivity index (χ1v) is 14.3. The smallest absolute Gasteiger partial charge is 0.240 e. The molecular formula is C30H38Cl2N6O. The van der Waals surface area contributed by atoms with Crippen molar-refractivity contribution in [2.75, 3.05) is 26.2 Å². The van der Waals surface area contributed by atoms with Gasteiger partial charge in [0.2, 0.25) is 5.91 Å². The van der Waals surface area contributed by atoms with E-state index in [4.69, 9.17) is 40.1 Å². The zero-order chi connectivity index (χ0) is 27.9. The van der Waals surface area contributed by atoms with Gasteiger partial charge in [-0.2, -0.15) is 0 Å². The number of nitrogens with two attached hydrogens (primary N) is 2. The summed E-state index contributed by atoms with van der Waals surface area (Å²) in [6, 6.07) is 20.0. The molecule has 3 atom stereocenters. The Bertz CT molecular complexity index is 1300. The van der Waals surface area contributed by atoms with Gasteiger partial charge in [0.25, 0.3) is 0 Å².